The highest BCUT2D eigenvalue weighted by Gasteiger charge is 1.95. The fraction of sp³-hybridized carbons (Fsp3) is 0.571. The van der Waals surface area contributed by atoms with Gasteiger partial charge in [0.15, 0.2) is 0 Å². The van der Waals surface area contributed by atoms with Gasteiger partial charge in [-0.1, -0.05) is 0 Å². The van der Waals surface area contributed by atoms with Gasteiger partial charge in [-0.3, -0.25) is 0 Å². The van der Waals surface area contributed by atoms with Crippen LogP contribution in [0.15, 0.2) is 0 Å². The quantitative estimate of drug-likeness (QED) is 0.637. The molecule has 0 atom stereocenters. The van der Waals surface area contributed by atoms with Gasteiger partial charge in [0.25, 0.3) is 0 Å². The Labute approximate surface area is 77.0 Å². The third-order valence-electron chi connectivity index (χ3n) is 0.829. The minimum Gasteiger partial charge on any atom is -0.300 e. The minimum atomic E-state index is 0.0835. The van der Waals surface area contributed by atoms with Gasteiger partial charge in [0.2, 0.25) is 0 Å². The number of hydrogen-bond acceptors (Lipinski definition) is 4. The van der Waals surface area contributed by atoms with Gasteiger partial charge in [-0.2, -0.15) is 0 Å². The van der Waals surface area contributed by atoms with Crippen LogP contribution in [0.1, 0.15) is 26.7 Å². The minimum absolute atomic E-state index is 0.0835. The van der Waals surface area contributed by atoms with E-state index in [1.165, 1.54) is 13.8 Å². The first-order valence-electron chi connectivity index (χ1n) is 3.02. The summed E-state index contributed by atoms with van der Waals surface area (Å²) in [6.45, 7) is 2.98. The Balaban J connectivity index is 0. The number of Topliss-reactive ketones (excluding diaryl/α,β-unsaturated/α-hetero) is 2. The van der Waals surface area contributed by atoms with Crippen LogP contribution in [0.4, 0.5) is 0 Å². The summed E-state index contributed by atoms with van der Waals surface area (Å²) in [4.78, 5) is 20.4. The van der Waals surface area contributed by atoms with E-state index < -0.39 is 0 Å². The number of carbonyl (C=O) groups is 2. The van der Waals surface area contributed by atoms with Crippen LogP contribution in [0.2, 0.25) is 0 Å². The van der Waals surface area contributed by atoms with E-state index in [1.807, 2.05) is 4.31 Å². The maximum atomic E-state index is 10.2. The Bertz CT molecular complexity index is 155. The van der Waals surface area contributed by atoms with E-state index >= 15 is 0 Å². The van der Waals surface area contributed by atoms with Crippen molar-refractivity contribution >= 4 is 40.3 Å². The molecule has 0 aromatic heterocycles. The molecule has 0 aromatic rings. The number of ketones is 2. The van der Waals surface area contributed by atoms with Crippen LogP contribution in [0.25, 0.3) is 0 Å². The first-order valence-corrected chi connectivity index (χ1v) is 3.84. The number of hydrogen-bond donors (Lipinski definition) is 0. The van der Waals surface area contributed by atoms with Gasteiger partial charge in [-0.05, 0) is 38.3 Å². The van der Waals surface area contributed by atoms with Crippen molar-refractivity contribution in [3.63, 3.8) is 0 Å². The van der Waals surface area contributed by atoms with Gasteiger partial charge < -0.3 is 9.59 Å². The first-order chi connectivity index (χ1) is 5.04. The molecule has 2 nitrogen and oxygen atoms in total. The largest absolute Gasteiger partial charge is 0.300 e. The summed E-state index contributed by atoms with van der Waals surface area (Å²) >= 11 is 7.92. The number of thiocarbonyl (C=S) groups is 2. The Kier molecular flexibility index (Phi) is 11.4. The number of carbonyl (C=O) groups excluding carboxylic acids is 2. The van der Waals surface area contributed by atoms with Crippen LogP contribution in [0, 0.1) is 0 Å². The molecule has 0 saturated heterocycles. The monoisotopic (exact) mass is 190 g/mol. The summed E-state index contributed by atoms with van der Waals surface area (Å²) in [5.41, 5.74) is 0. The maximum absolute atomic E-state index is 10.2. The molecule has 0 rings (SSSR count). The van der Waals surface area contributed by atoms with Gasteiger partial charge in [-0.25, -0.2) is 0 Å². The fourth-order valence-electron chi connectivity index (χ4n) is 0.352. The normalized spacial score (nSPS) is 7.09. The van der Waals surface area contributed by atoms with Crippen molar-refractivity contribution in [2.45, 2.75) is 26.7 Å². The third-order valence-corrected chi connectivity index (χ3v) is 0.829. The Morgan fingerprint density at radius 2 is 1.27 bits per heavy atom. The Morgan fingerprint density at radius 3 is 1.36 bits per heavy atom. The van der Waals surface area contributed by atoms with Crippen LogP contribution in [-0.2, 0) is 9.59 Å². The van der Waals surface area contributed by atoms with E-state index in [0.29, 0.717) is 12.8 Å². The lowest BCUT2D eigenvalue weighted by atomic mass is 10.2. The molecule has 0 aromatic carbocycles. The van der Waals surface area contributed by atoms with Crippen molar-refractivity contribution in [3.8, 4) is 0 Å². The summed E-state index contributed by atoms with van der Waals surface area (Å²) in [6.07, 6.45) is 0.796. The van der Waals surface area contributed by atoms with Gasteiger partial charge >= 0.3 is 0 Å². The predicted octanol–water partition coefficient (Wildman–Crippen LogP) is 1.96. The molecular formula is C7H10O2S2. The Morgan fingerprint density at radius 1 is 1.09 bits per heavy atom. The molecule has 0 aliphatic heterocycles. The van der Waals surface area contributed by atoms with Crippen LogP contribution < -0.4 is 0 Å². The molecule has 0 aliphatic carbocycles. The van der Waals surface area contributed by atoms with Gasteiger partial charge in [0.1, 0.15) is 11.6 Å². The van der Waals surface area contributed by atoms with E-state index in [1.54, 1.807) is 0 Å². The molecule has 0 aliphatic rings. The van der Waals surface area contributed by atoms with Crippen LogP contribution in [0.5, 0.6) is 0 Å². The first kappa shape index (κ1) is 13.2. The van der Waals surface area contributed by atoms with E-state index in [2.05, 4.69) is 24.4 Å². The van der Waals surface area contributed by atoms with Crippen molar-refractivity contribution in [2.24, 2.45) is 0 Å². The highest BCUT2D eigenvalue weighted by Crippen LogP contribution is 1.89. The zero-order valence-corrected chi connectivity index (χ0v) is 8.18. The molecule has 0 N–H and O–H groups in total. The average molecular weight is 190 g/mol. The zero-order valence-electron chi connectivity index (χ0n) is 6.55. The molecule has 0 amide bonds. The van der Waals surface area contributed by atoms with Crippen molar-refractivity contribution < 1.29 is 9.59 Å². The topological polar surface area (TPSA) is 34.1 Å². The zero-order chi connectivity index (χ0) is 9.28. The molecular weight excluding hydrogens is 180 g/mol. The van der Waals surface area contributed by atoms with Crippen molar-refractivity contribution in [1.29, 1.82) is 0 Å². The van der Waals surface area contributed by atoms with E-state index in [-0.39, 0.29) is 11.6 Å². The second-order valence-corrected chi connectivity index (χ2v) is 2.65. The second kappa shape index (κ2) is 9.56. The molecule has 0 unspecified atom stereocenters. The summed E-state index contributed by atoms with van der Waals surface area (Å²) in [5, 5.41) is 0. The van der Waals surface area contributed by atoms with E-state index in [9.17, 15) is 9.59 Å². The highest BCUT2D eigenvalue weighted by molar-refractivity contribution is 7.93. The van der Waals surface area contributed by atoms with E-state index in [0.717, 1.165) is 0 Å². The standard InChI is InChI=1S/C6H10O2.CS2/c1-5(7)3-4-6(2)8;2-1-3/h3-4H2,1-2H3;. The molecule has 11 heavy (non-hydrogen) atoms. The SMILES string of the molecule is CC(=O)CCC(C)=O.S=C=S. The fourth-order valence-corrected chi connectivity index (χ4v) is 0.352. The molecule has 0 bridgehead atoms. The maximum Gasteiger partial charge on any atom is 0.130 e. The molecule has 0 spiro atoms. The van der Waals surface area contributed by atoms with Gasteiger partial charge in [0, 0.05) is 17.2 Å². The van der Waals surface area contributed by atoms with E-state index in [4.69, 9.17) is 0 Å². The molecule has 0 saturated carbocycles. The molecule has 0 heterocycles. The van der Waals surface area contributed by atoms with Crippen LogP contribution in [0.3, 0.4) is 0 Å². The van der Waals surface area contributed by atoms with Crippen LogP contribution >= 0.6 is 24.4 Å². The van der Waals surface area contributed by atoms with Gasteiger partial charge in [-0.15, -0.1) is 0 Å². The second-order valence-electron chi connectivity index (χ2n) is 1.99. The molecule has 0 fully saturated rings. The highest BCUT2D eigenvalue weighted by atomic mass is 32.1. The summed E-state index contributed by atoms with van der Waals surface area (Å²) in [5.74, 6) is 0.167. The average Bonchev–Trinajstić information content (AvgIpc) is 1.85. The number of rotatable bonds is 3. The summed E-state index contributed by atoms with van der Waals surface area (Å²) in [7, 11) is 0. The van der Waals surface area contributed by atoms with Crippen LogP contribution in [-0.4, -0.2) is 15.9 Å². The molecule has 0 radical (unpaired) electrons. The summed E-state index contributed by atoms with van der Waals surface area (Å²) < 4.78 is 1.92. The summed E-state index contributed by atoms with van der Waals surface area (Å²) in [6, 6.07) is 0. The lowest BCUT2D eigenvalue weighted by molar-refractivity contribution is -0.122. The predicted molar refractivity (Wildman–Crippen MR) is 50.8 cm³/mol. The van der Waals surface area contributed by atoms with Gasteiger partial charge in [0.05, 0.1) is 0 Å². The lowest BCUT2D eigenvalue weighted by Gasteiger charge is -1.86. The Hall–Kier alpha value is -0.440. The lowest BCUT2D eigenvalue weighted by Crippen LogP contribution is -1.95. The molecule has 4 heteroatoms. The third kappa shape index (κ3) is 26.3. The van der Waals surface area contributed by atoms with Crippen molar-refractivity contribution in [3.05, 3.63) is 0 Å². The van der Waals surface area contributed by atoms with Crippen molar-refractivity contribution in [1.82, 2.24) is 0 Å². The smallest absolute Gasteiger partial charge is 0.130 e. The molecule has 62 valence electrons. The van der Waals surface area contributed by atoms with Crippen molar-refractivity contribution in [2.75, 3.05) is 0 Å².